The van der Waals surface area contributed by atoms with Crippen molar-refractivity contribution in [2.75, 3.05) is 19.6 Å². The van der Waals surface area contributed by atoms with Gasteiger partial charge in [-0.3, -0.25) is 4.79 Å². The quantitative estimate of drug-likeness (QED) is 0.693. The largest absolute Gasteiger partial charge is 0.355 e. The van der Waals surface area contributed by atoms with Gasteiger partial charge in [-0.1, -0.05) is 54.1 Å². The maximum atomic E-state index is 11.7. The van der Waals surface area contributed by atoms with Crippen LogP contribution in [0.15, 0.2) is 54.6 Å². The molecule has 0 heterocycles. The van der Waals surface area contributed by atoms with Crippen molar-refractivity contribution in [3.05, 3.63) is 70.7 Å². The Labute approximate surface area is 143 Å². The fourth-order valence-corrected chi connectivity index (χ4v) is 2.57. The standard InChI is InChI=1S/C19H23ClN2O/c20-18-10-4-8-17(14-18)11-13-21-15-19(23)22-12-5-9-16-6-2-1-3-7-16/h1-4,6-8,10,14,21H,5,9,11-13,15H2,(H,22,23). The zero-order chi connectivity index (χ0) is 16.3. The normalized spacial score (nSPS) is 10.5. The SMILES string of the molecule is O=C(CNCCc1cccc(Cl)c1)NCCCc1ccccc1. The Morgan fingerprint density at radius 1 is 0.913 bits per heavy atom. The van der Waals surface area contributed by atoms with Gasteiger partial charge in [0.25, 0.3) is 0 Å². The van der Waals surface area contributed by atoms with Crippen molar-refractivity contribution in [3.63, 3.8) is 0 Å². The molecule has 23 heavy (non-hydrogen) atoms. The van der Waals surface area contributed by atoms with Gasteiger partial charge in [0.05, 0.1) is 6.54 Å². The Kier molecular flexibility index (Phi) is 7.64. The molecule has 0 atom stereocenters. The lowest BCUT2D eigenvalue weighted by Gasteiger charge is -2.07. The number of benzene rings is 2. The first-order chi connectivity index (χ1) is 11.2. The number of hydrogen-bond acceptors (Lipinski definition) is 2. The second kappa shape index (κ2) is 10.0. The highest BCUT2D eigenvalue weighted by atomic mass is 35.5. The summed E-state index contributed by atoms with van der Waals surface area (Å²) in [6, 6.07) is 18.1. The van der Waals surface area contributed by atoms with Crippen LogP contribution in [0.4, 0.5) is 0 Å². The van der Waals surface area contributed by atoms with E-state index in [9.17, 15) is 4.79 Å². The Hall–Kier alpha value is -1.84. The molecule has 0 radical (unpaired) electrons. The van der Waals surface area contributed by atoms with Gasteiger partial charge in [-0.05, 0) is 49.1 Å². The summed E-state index contributed by atoms with van der Waals surface area (Å²) in [6.45, 7) is 1.83. The topological polar surface area (TPSA) is 41.1 Å². The van der Waals surface area contributed by atoms with E-state index in [0.717, 1.165) is 30.8 Å². The molecule has 0 aliphatic carbocycles. The lowest BCUT2D eigenvalue weighted by molar-refractivity contribution is -0.120. The number of amides is 1. The number of nitrogens with one attached hydrogen (secondary N) is 2. The number of hydrogen-bond donors (Lipinski definition) is 2. The van der Waals surface area contributed by atoms with E-state index in [1.54, 1.807) is 0 Å². The molecule has 2 rings (SSSR count). The van der Waals surface area contributed by atoms with Gasteiger partial charge in [-0.25, -0.2) is 0 Å². The first kappa shape index (κ1) is 17.5. The maximum absolute atomic E-state index is 11.7. The number of aryl methyl sites for hydroxylation is 1. The molecule has 0 aliphatic heterocycles. The second-order valence-corrected chi connectivity index (χ2v) is 5.93. The third-order valence-corrected chi connectivity index (χ3v) is 3.81. The molecule has 0 saturated heterocycles. The van der Waals surface area contributed by atoms with Crippen LogP contribution in [0.3, 0.4) is 0 Å². The first-order valence-corrected chi connectivity index (χ1v) is 8.37. The van der Waals surface area contributed by atoms with Crippen LogP contribution >= 0.6 is 11.6 Å². The van der Waals surface area contributed by atoms with Crippen LogP contribution in [-0.4, -0.2) is 25.5 Å². The van der Waals surface area contributed by atoms with E-state index in [0.29, 0.717) is 13.1 Å². The van der Waals surface area contributed by atoms with Gasteiger partial charge in [0.1, 0.15) is 0 Å². The summed E-state index contributed by atoms with van der Waals surface area (Å²) in [6.07, 6.45) is 2.81. The van der Waals surface area contributed by atoms with Crippen molar-refractivity contribution in [2.45, 2.75) is 19.3 Å². The summed E-state index contributed by atoms with van der Waals surface area (Å²) in [5, 5.41) is 6.84. The molecule has 2 N–H and O–H groups in total. The molecule has 0 bridgehead atoms. The van der Waals surface area contributed by atoms with Crippen LogP contribution in [0.2, 0.25) is 5.02 Å². The molecular weight excluding hydrogens is 308 g/mol. The van der Waals surface area contributed by atoms with Crippen LogP contribution in [0, 0.1) is 0 Å². The van der Waals surface area contributed by atoms with E-state index in [-0.39, 0.29) is 5.91 Å². The molecule has 2 aromatic carbocycles. The fourth-order valence-electron chi connectivity index (χ4n) is 2.35. The predicted molar refractivity (Wildman–Crippen MR) is 95.8 cm³/mol. The minimum atomic E-state index is 0.0455. The highest BCUT2D eigenvalue weighted by Gasteiger charge is 2.00. The van der Waals surface area contributed by atoms with Gasteiger partial charge in [0, 0.05) is 11.6 Å². The van der Waals surface area contributed by atoms with Crippen molar-refractivity contribution in [2.24, 2.45) is 0 Å². The van der Waals surface area contributed by atoms with E-state index in [1.165, 1.54) is 11.1 Å². The smallest absolute Gasteiger partial charge is 0.233 e. The van der Waals surface area contributed by atoms with Crippen LogP contribution in [0.1, 0.15) is 17.5 Å². The average molecular weight is 331 g/mol. The summed E-state index contributed by atoms with van der Waals surface area (Å²) in [5.74, 6) is 0.0455. The molecule has 0 fully saturated rings. The van der Waals surface area contributed by atoms with Gasteiger partial charge in [-0.15, -0.1) is 0 Å². The number of carbonyl (C=O) groups excluding carboxylic acids is 1. The molecule has 0 unspecified atom stereocenters. The molecule has 1 amide bonds. The van der Waals surface area contributed by atoms with Crippen LogP contribution < -0.4 is 10.6 Å². The summed E-state index contributed by atoms with van der Waals surface area (Å²) >= 11 is 5.94. The summed E-state index contributed by atoms with van der Waals surface area (Å²) < 4.78 is 0. The van der Waals surface area contributed by atoms with E-state index in [4.69, 9.17) is 11.6 Å². The Morgan fingerprint density at radius 3 is 2.48 bits per heavy atom. The van der Waals surface area contributed by atoms with E-state index >= 15 is 0 Å². The van der Waals surface area contributed by atoms with Gasteiger partial charge in [0.15, 0.2) is 0 Å². The Balaban J connectivity index is 1.52. The lowest BCUT2D eigenvalue weighted by atomic mass is 10.1. The fraction of sp³-hybridized carbons (Fsp3) is 0.316. The number of rotatable bonds is 9. The Morgan fingerprint density at radius 2 is 1.70 bits per heavy atom. The minimum Gasteiger partial charge on any atom is -0.355 e. The zero-order valence-corrected chi connectivity index (χ0v) is 14.0. The third kappa shape index (κ3) is 7.31. The molecule has 4 heteroatoms. The molecule has 122 valence electrons. The van der Waals surface area contributed by atoms with E-state index in [1.807, 2.05) is 42.5 Å². The molecule has 2 aromatic rings. The van der Waals surface area contributed by atoms with Crippen molar-refractivity contribution in [1.82, 2.24) is 10.6 Å². The number of halogens is 1. The third-order valence-electron chi connectivity index (χ3n) is 3.57. The maximum Gasteiger partial charge on any atom is 0.233 e. The van der Waals surface area contributed by atoms with Crippen molar-refractivity contribution >= 4 is 17.5 Å². The lowest BCUT2D eigenvalue weighted by Crippen LogP contribution is -2.35. The van der Waals surface area contributed by atoms with Gasteiger partial charge >= 0.3 is 0 Å². The second-order valence-electron chi connectivity index (χ2n) is 5.50. The van der Waals surface area contributed by atoms with Crippen LogP contribution in [0.5, 0.6) is 0 Å². The van der Waals surface area contributed by atoms with Crippen molar-refractivity contribution in [3.8, 4) is 0 Å². The predicted octanol–water partition coefficient (Wildman–Crippen LogP) is 3.22. The molecule has 0 aromatic heterocycles. The van der Waals surface area contributed by atoms with Crippen molar-refractivity contribution in [1.29, 1.82) is 0 Å². The van der Waals surface area contributed by atoms with Gasteiger partial charge in [0.2, 0.25) is 5.91 Å². The zero-order valence-electron chi connectivity index (χ0n) is 13.2. The summed E-state index contributed by atoms with van der Waals surface area (Å²) in [7, 11) is 0. The van der Waals surface area contributed by atoms with E-state index in [2.05, 4.69) is 22.8 Å². The average Bonchev–Trinajstić information content (AvgIpc) is 2.57. The van der Waals surface area contributed by atoms with Crippen LogP contribution in [0.25, 0.3) is 0 Å². The molecule has 0 aliphatic rings. The highest BCUT2D eigenvalue weighted by Crippen LogP contribution is 2.10. The molecule has 3 nitrogen and oxygen atoms in total. The summed E-state index contributed by atoms with van der Waals surface area (Å²) in [4.78, 5) is 11.7. The van der Waals surface area contributed by atoms with Crippen molar-refractivity contribution < 1.29 is 4.79 Å². The van der Waals surface area contributed by atoms with Gasteiger partial charge < -0.3 is 10.6 Å². The van der Waals surface area contributed by atoms with E-state index < -0.39 is 0 Å². The first-order valence-electron chi connectivity index (χ1n) is 8.00. The number of carbonyl (C=O) groups is 1. The Bertz CT molecular complexity index is 601. The summed E-state index contributed by atoms with van der Waals surface area (Å²) in [5.41, 5.74) is 2.48. The highest BCUT2D eigenvalue weighted by molar-refractivity contribution is 6.30. The minimum absolute atomic E-state index is 0.0455. The molecule has 0 spiro atoms. The van der Waals surface area contributed by atoms with Gasteiger partial charge in [-0.2, -0.15) is 0 Å². The molecular formula is C19H23ClN2O. The van der Waals surface area contributed by atoms with Crippen LogP contribution in [-0.2, 0) is 17.6 Å². The monoisotopic (exact) mass is 330 g/mol. The molecule has 0 saturated carbocycles.